The molecule has 1 N–H and O–H groups in total. The lowest BCUT2D eigenvalue weighted by atomic mass is 10.1. The number of nitrogens with one attached hydrogen (secondary N) is 1. The van der Waals surface area contributed by atoms with Crippen LogP contribution in [0.4, 0.5) is 0 Å². The van der Waals surface area contributed by atoms with Gasteiger partial charge in [-0.1, -0.05) is 60.4 Å². The molecule has 0 aliphatic carbocycles. The first kappa shape index (κ1) is 15.6. The Morgan fingerprint density at radius 1 is 1.00 bits per heavy atom. The number of hydrogen-bond donors (Lipinski definition) is 1. The van der Waals surface area contributed by atoms with Crippen molar-refractivity contribution in [3.8, 4) is 23.1 Å². The lowest BCUT2D eigenvalue weighted by Crippen LogP contribution is -2.06. The van der Waals surface area contributed by atoms with Crippen LogP contribution in [0, 0.1) is 11.8 Å². The van der Waals surface area contributed by atoms with Crippen LogP contribution in [0.1, 0.15) is 28.5 Å². The second-order valence-electron chi connectivity index (χ2n) is 5.17. The minimum absolute atomic E-state index is 0.323. The van der Waals surface area contributed by atoms with Crippen LogP contribution in [0.5, 0.6) is 0 Å². The number of benzene rings is 2. The summed E-state index contributed by atoms with van der Waals surface area (Å²) in [6.45, 7) is 2.11. The Balaban J connectivity index is 2.02. The third-order valence-electron chi connectivity index (χ3n) is 3.50. The first-order valence-corrected chi connectivity index (χ1v) is 7.80. The smallest absolute Gasteiger partial charge is 0.356 e. The molecule has 3 aromatic rings. The number of H-pyrrole nitrogens is 1. The highest BCUT2D eigenvalue weighted by Crippen LogP contribution is 2.22. The van der Waals surface area contributed by atoms with Crippen LogP contribution in [0.3, 0.4) is 0 Å². The molecule has 0 spiro atoms. The summed E-state index contributed by atoms with van der Waals surface area (Å²) in [5.74, 6) is 5.77. The highest BCUT2D eigenvalue weighted by Gasteiger charge is 2.16. The van der Waals surface area contributed by atoms with Crippen LogP contribution in [0.15, 0.2) is 66.7 Å². The number of aromatic nitrogens is 1. The zero-order valence-corrected chi connectivity index (χ0v) is 13.4. The highest BCUT2D eigenvalue weighted by atomic mass is 16.5. The normalized spacial score (nSPS) is 9.88. The minimum Gasteiger partial charge on any atom is -0.461 e. The van der Waals surface area contributed by atoms with E-state index in [2.05, 4.69) is 16.8 Å². The Kier molecular flexibility index (Phi) is 4.78. The molecule has 0 amide bonds. The molecule has 0 saturated heterocycles. The minimum atomic E-state index is -0.392. The van der Waals surface area contributed by atoms with Crippen LogP contribution >= 0.6 is 0 Å². The average Bonchev–Trinajstić information content (AvgIpc) is 3.06. The first-order chi connectivity index (χ1) is 11.8. The maximum Gasteiger partial charge on any atom is 0.356 e. The average molecular weight is 315 g/mol. The summed E-state index contributed by atoms with van der Waals surface area (Å²) in [5, 5.41) is 0. The van der Waals surface area contributed by atoms with Crippen molar-refractivity contribution in [1.82, 2.24) is 4.98 Å². The van der Waals surface area contributed by atoms with Crippen molar-refractivity contribution in [1.29, 1.82) is 0 Å². The van der Waals surface area contributed by atoms with Gasteiger partial charge in [0.15, 0.2) is 0 Å². The van der Waals surface area contributed by atoms with Crippen LogP contribution in [-0.2, 0) is 4.74 Å². The van der Waals surface area contributed by atoms with Gasteiger partial charge in [-0.25, -0.2) is 4.79 Å². The molecule has 1 aromatic heterocycles. The van der Waals surface area contributed by atoms with Crippen molar-refractivity contribution in [2.24, 2.45) is 0 Å². The van der Waals surface area contributed by atoms with E-state index < -0.39 is 5.97 Å². The number of esters is 1. The van der Waals surface area contributed by atoms with Gasteiger partial charge >= 0.3 is 5.97 Å². The van der Waals surface area contributed by atoms with E-state index in [9.17, 15) is 4.79 Å². The molecule has 0 fully saturated rings. The number of hydrogen-bond acceptors (Lipinski definition) is 2. The first-order valence-electron chi connectivity index (χ1n) is 7.80. The summed E-state index contributed by atoms with van der Waals surface area (Å²) < 4.78 is 5.13. The van der Waals surface area contributed by atoms with E-state index in [-0.39, 0.29) is 0 Å². The van der Waals surface area contributed by atoms with Crippen molar-refractivity contribution in [3.05, 3.63) is 83.6 Å². The Morgan fingerprint density at radius 3 is 2.33 bits per heavy atom. The third-order valence-corrected chi connectivity index (χ3v) is 3.50. The summed E-state index contributed by atoms with van der Waals surface area (Å²) in [4.78, 5) is 15.3. The van der Waals surface area contributed by atoms with Crippen molar-refractivity contribution in [3.63, 3.8) is 0 Å². The standard InChI is InChI=1S/C21H17NO2/c1-2-24-21(23)20-18(14-13-16-9-5-3-6-10-16)15-19(22-20)17-11-7-4-8-12-17/h3-12,15,22H,2H2,1H3. The van der Waals surface area contributed by atoms with Crippen LogP contribution in [0.25, 0.3) is 11.3 Å². The van der Waals surface area contributed by atoms with E-state index >= 15 is 0 Å². The second kappa shape index (κ2) is 7.34. The summed E-state index contributed by atoms with van der Waals surface area (Å²) in [6, 6.07) is 21.4. The van der Waals surface area contributed by atoms with Gasteiger partial charge in [0.1, 0.15) is 5.69 Å². The lowest BCUT2D eigenvalue weighted by Gasteiger charge is -2.00. The zero-order chi connectivity index (χ0) is 16.8. The molecule has 0 atom stereocenters. The number of rotatable bonds is 3. The van der Waals surface area contributed by atoms with E-state index in [0.29, 0.717) is 17.9 Å². The molecule has 2 aromatic carbocycles. The van der Waals surface area contributed by atoms with Gasteiger partial charge in [0.05, 0.1) is 12.2 Å². The van der Waals surface area contributed by atoms with Crippen LogP contribution in [-0.4, -0.2) is 17.6 Å². The van der Waals surface area contributed by atoms with Gasteiger partial charge in [0.2, 0.25) is 0 Å². The summed E-state index contributed by atoms with van der Waals surface area (Å²) in [7, 11) is 0. The number of carbonyl (C=O) groups excluding carboxylic acids is 1. The molecule has 0 aliphatic rings. The fourth-order valence-electron chi connectivity index (χ4n) is 2.35. The number of ether oxygens (including phenoxy) is 1. The van der Waals surface area contributed by atoms with Crippen molar-refractivity contribution >= 4 is 5.97 Å². The molecular formula is C21H17NO2. The molecule has 118 valence electrons. The van der Waals surface area contributed by atoms with E-state index in [1.165, 1.54) is 0 Å². The van der Waals surface area contributed by atoms with Gasteiger partial charge in [-0.2, -0.15) is 0 Å². The van der Waals surface area contributed by atoms with Crippen molar-refractivity contribution in [2.75, 3.05) is 6.61 Å². The predicted molar refractivity (Wildman–Crippen MR) is 94.6 cm³/mol. The van der Waals surface area contributed by atoms with Crippen LogP contribution < -0.4 is 0 Å². The molecule has 3 heteroatoms. The molecule has 1 heterocycles. The van der Waals surface area contributed by atoms with E-state index in [4.69, 9.17) is 4.74 Å². The number of carbonyl (C=O) groups is 1. The SMILES string of the molecule is CCOC(=O)c1[nH]c(-c2ccccc2)cc1C#Cc1ccccc1. The molecule has 24 heavy (non-hydrogen) atoms. The Hall–Kier alpha value is -3.25. The Labute approximate surface area is 141 Å². The Bertz CT molecular complexity index is 884. The maximum absolute atomic E-state index is 12.2. The molecule has 0 bridgehead atoms. The molecule has 0 radical (unpaired) electrons. The van der Waals surface area contributed by atoms with Crippen LogP contribution in [0.2, 0.25) is 0 Å². The van der Waals surface area contributed by atoms with Crippen molar-refractivity contribution < 1.29 is 9.53 Å². The largest absolute Gasteiger partial charge is 0.461 e. The van der Waals surface area contributed by atoms with Gasteiger partial charge < -0.3 is 9.72 Å². The molecule has 0 saturated carbocycles. The fourth-order valence-corrected chi connectivity index (χ4v) is 2.35. The highest BCUT2D eigenvalue weighted by molar-refractivity contribution is 5.92. The summed E-state index contributed by atoms with van der Waals surface area (Å²) in [6.07, 6.45) is 0. The molecule has 3 nitrogen and oxygen atoms in total. The van der Waals surface area contributed by atoms with Gasteiger partial charge in [0.25, 0.3) is 0 Å². The van der Waals surface area contributed by atoms with Gasteiger partial charge in [-0.15, -0.1) is 0 Å². The van der Waals surface area contributed by atoms with Gasteiger partial charge in [-0.05, 0) is 30.7 Å². The topological polar surface area (TPSA) is 42.1 Å². The maximum atomic E-state index is 12.2. The molecular weight excluding hydrogens is 298 g/mol. The molecule has 0 unspecified atom stereocenters. The van der Waals surface area contributed by atoms with Gasteiger partial charge in [0, 0.05) is 11.3 Å². The fraction of sp³-hybridized carbons (Fsp3) is 0.0952. The predicted octanol–water partition coefficient (Wildman–Crippen LogP) is 4.26. The zero-order valence-electron chi connectivity index (χ0n) is 13.4. The quantitative estimate of drug-likeness (QED) is 0.579. The van der Waals surface area contributed by atoms with E-state index in [0.717, 1.165) is 16.8 Å². The van der Waals surface area contributed by atoms with E-state index in [1.807, 2.05) is 66.7 Å². The Morgan fingerprint density at radius 2 is 1.67 bits per heavy atom. The lowest BCUT2D eigenvalue weighted by molar-refractivity contribution is 0.0520. The molecule has 0 aliphatic heterocycles. The molecule has 3 rings (SSSR count). The van der Waals surface area contributed by atoms with Gasteiger partial charge in [-0.3, -0.25) is 0 Å². The second-order valence-corrected chi connectivity index (χ2v) is 5.17. The monoisotopic (exact) mass is 315 g/mol. The summed E-state index contributed by atoms with van der Waals surface area (Å²) >= 11 is 0. The number of aromatic amines is 1. The third kappa shape index (κ3) is 3.56. The van der Waals surface area contributed by atoms with Crippen molar-refractivity contribution in [2.45, 2.75) is 6.92 Å². The summed E-state index contributed by atoms with van der Waals surface area (Å²) in [5.41, 5.74) is 3.76. The van der Waals surface area contributed by atoms with E-state index in [1.54, 1.807) is 6.92 Å².